The average molecular weight is 410 g/mol. The smallest absolute Gasteiger partial charge is 0.212 e. The Labute approximate surface area is 169 Å². The standard InChI is InChI=1S/C21H22N4O3S/c1-13(2)12-25-20(22)19(29(26,27)15-10-8-14(28-3)9-11-15)18-21(25)24-17-7-5-4-6-16(17)23-18/h4-11,13H,12,22H2,1-3H3. The van der Waals surface area contributed by atoms with Crippen molar-refractivity contribution in [2.24, 2.45) is 5.92 Å². The van der Waals surface area contributed by atoms with E-state index in [2.05, 4.69) is 9.97 Å². The van der Waals surface area contributed by atoms with Crippen molar-refractivity contribution < 1.29 is 13.2 Å². The second-order valence-electron chi connectivity index (χ2n) is 7.28. The maximum Gasteiger partial charge on any atom is 0.212 e. The molecule has 7 nitrogen and oxygen atoms in total. The quantitative estimate of drug-likeness (QED) is 0.539. The van der Waals surface area contributed by atoms with Gasteiger partial charge in [-0.2, -0.15) is 0 Å². The number of nitrogen functional groups attached to an aromatic ring is 1. The first-order valence-electron chi connectivity index (χ1n) is 9.26. The van der Waals surface area contributed by atoms with Crippen LogP contribution in [0.5, 0.6) is 5.75 Å². The summed E-state index contributed by atoms with van der Waals surface area (Å²) in [4.78, 5) is 9.43. The normalized spacial score (nSPS) is 12.1. The van der Waals surface area contributed by atoms with Gasteiger partial charge in [0.05, 0.1) is 23.0 Å². The largest absolute Gasteiger partial charge is 0.497 e. The molecule has 0 spiro atoms. The number of rotatable bonds is 5. The van der Waals surface area contributed by atoms with Crippen molar-refractivity contribution in [3.8, 4) is 5.75 Å². The van der Waals surface area contributed by atoms with Crippen molar-refractivity contribution in [1.82, 2.24) is 14.5 Å². The summed E-state index contributed by atoms with van der Waals surface area (Å²) in [5, 5.41) is 0. The van der Waals surface area contributed by atoms with Crippen LogP contribution in [0, 0.1) is 5.92 Å². The minimum Gasteiger partial charge on any atom is -0.497 e. The first-order valence-corrected chi connectivity index (χ1v) is 10.7. The third-order valence-corrected chi connectivity index (χ3v) is 6.57. The van der Waals surface area contributed by atoms with Gasteiger partial charge in [0.2, 0.25) is 9.84 Å². The number of sulfone groups is 1. The van der Waals surface area contributed by atoms with Gasteiger partial charge < -0.3 is 15.0 Å². The van der Waals surface area contributed by atoms with Crippen molar-refractivity contribution in [2.75, 3.05) is 12.8 Å². The fraction of sp³-hybridized carbons (Fsp3) is 0.238. The van der Waals surface area contributed by atoms with E-state index in [1.54, 1.807) is 16.7 Å². The molecule has 2 heterocycles. The lowest BCUT2D eigenvalue weighted by Crippen LogP contribution is -2.10. The van der Waals surface area contributed by atoms with E-state index in [1.807, 2.05) is 38.1 Å². The van der Waals surface area contributed by atoms with Crippen molar-refractivity contribution in [2.45, 2.75) is 30.2 Å². The van der Waals surface area contributed by atoms with Gasteiger partial charge in [-0.25, -0.2) is 18.4 Å². The number of hydrogen-bond donors (Lipinski definition) is 1. The van der Waals surface area contributed by atoms with Crippen molar-refractivity contribution in [3.63, 3.8) is 0 Å². The van der Waals surface area contributed by atoms with E-state index in [0.717, 1.165) is 0 Å². The molecule has 0 radical (unpaired) electrons. The van der Waals surface area contributed by atoms with Gasteiger partial charge in [-0.05, 0) is 42.3 Å². The number of methoxy groups -OCH3 is 1. The minimum atomic E-state index is -3.91. The number of hydrogen-bond acceptors (Lipinski definition) is 6. The molecule has 2 N–H and O–H groups in total. The first kappa shape index (κ1) is 19.2. The van der Waals surface area contributed by atoms with Crippen LogP contribution in [0.4, 0.5) is 5.82 Å². The topological polar surface area (TPSA) is 100 Å². The zero-order valence-electron chi connectivity index (χ0n) is 16.5. The second-order valence-corrected chi connectivity index (χ2v) is 9.17. The van der Waals surface area contributed by atoms with E-state index in [-0.39, 0.29) is 27.0 Å². The lowest BCUT2D eigenvalue weighted by Gasteiger charge is -2.10. The highest BCUT2D eigenvalue weighted by Gasteiger charge is 2.30. The van der Waals surface area contributed by atoms with E-state index in [0.29, 0.717) is 29.0 Å². The number of nitrogens with zero attached hydrogens (tertiary/aromatic N) is 3. The van der Waals surface area contributed by atoms with Crippen LogP contribution >= 0.6 is 0 Å². The molecule has 0 bridgehead atoms. The monoisotopic (exact) mass is 410 g/mol. The zero-order chi connectivity index (χ0) is 20.8. The highest BCUT2D eigenvalue weighted by molar-refractivity contribution is 7.92. The van der Waals surface area contributed by atoms with Gasteiger partial charge in [0.15, 0.2) is 5.65 Å². The van der Waals surface area contributed by atoms with E-state index < -0.39 is 9.84 Å². The summed E-state index contributed by atoms with van der Waals surface area (Å²) in [6, 6.07) is 13.6. The fourth-order valence-corrected chi connectivity index (χ4v) is 4.88. The van der Waals surface area contributed by atoms with E-state index in [4.69, 9.17) is 10.5 Å². The zero-order valence-corrected chi connectivity index (χ0v) is 17.3. The summed E-state index contributed by atoms with van der Waals surface area (Å²) < 4.78 is 33.9. The number of ether oxygens (including phenoxy) is 1. The van der Waals surface area contributed by atoms with Gasteiger partial charge in [-0.15, -0.1) is 0 Å². The number of anilines is 1. The van der Waals surface area contributed by atoms with Crippen LogP contribution in [-0.4, -0.2) is 30.1 Å². The van der Waals surface area contributed by atoms with Crippen LogP contribution in [0.15, 0.2) is 58.3 Å². The highest BCUT2D eigenvalue weighted by atomic mass is 32.2. The van der Waals surface area contributed by atoms with Crippen LogP contribution in [0.25, 0.3) is 22.2 Å². The lowest BCUT2D eigenvalue weighted by molar-refractivity contribution is 0.414. The molecule has 0 saturated heterocycles. The summed E-state index contributed by atoms with van der Waals surface area (Å²) in [5.74, 6) is 0.975. The van der Waals surface area contributed by atoms with Gasteiger partial charge in [0, 0.05) is 6.54 Å². The number of aromatic nitrogens is 3. The molecular weight excluding hydrogens is 388 g/mol. The van der Waals surface area contributed by atoms with Crippen molar-refractivity contribution >= 4 is 37.9 Å². The molecule has 4 aromatic rings. The van der Waals surface area contributed by atoms with Crippen molar-refractivity contribution in [3.05, 3.63) is 48.5 Å². The third-order valence-electron chi connectivity index (χ3n) is 4.73. The fourth-order valence-electron chi connectivity index (χ4n) is 3.38. The van der Waals surface area contributed by atoms with E-state index in [9.17, 15) is 8.42 Å². The Morgan fingerprint density at radius 2 is 1.66 bits per heavy atom. The Hall–Kier alpha value is -3.13. The van der Waals surface area contributed by atoms with Crippen LogP contribution in [-0.2, 0) is 16.4 Å². The Morgan fingerprint density at radius 1 is 1.03 bits per heavy atom. The lowest BCUT2D eigenvalue weighted by atomic mass is 10.2. The molecule has 0 atom stereocenters. The maximum atomic E-state index is 13.5. The predicted molar refractivity (Wildman–Crippen MR) is 113 cm³/mol. The molecule has 0 amide bonds. The number of para-hydroxylation sites is 2. The van der Waals surface area contributed by atoms with Gasteiger partial charge in [-0.1, -0.05) is 26.0 Å². The molecule has 0 fully saturated rings. The van der Waals surface area contributed by atoms with Gasteiger partial charge >= 0.3 is 0 Å². The summed E-state index contributed by atoms with van der Waals surface area (Å²) in [6.45, 7) is 4.61. The summed E-state index contributed by atoms with van der Waals surface area (Å²) in [5.41, 5.74) is 8.46. The maximum absolute atomic E-state index is 13.5. The molecule has 0 aliphatic rings. The van der Waals surface area contributed by atoms with Crippen LogP contribution in [0.3, 0.4) is 0 Å². The Kier molecular flexibility index (Phi) is 4.66. The summed E-state index contributed by atoms with van der Waals surface area (Å²) in [6.07, 6.45) is 0. The van der Waals surface area contributed by atoms with E-state index in [1.165, 1.54) is 19.2 Å². The minimum absolute atomic E-state index is 0.00318. The highest BCUT2D eigenvalue weighted by Crippen LogP contribution is 2.36. The molecule has 0 aliphatic carbocycles. The molecular formula is C21H22N4O3S. The van der Waals surface area contributed by atoms with Crippen molar-refractivity contribution in [1.29, 1.82) is 0 Å². The van der Waals surface area contributed by atoms with Crippen LogP contribution < -0.4 is 10.5 Å². The molecule has 0 saturated carbocycles. The van der Waals surface area contributed by atoms with Gasteiger partial charge in [0.25, 0.3) is 0 Å². The average Bonchev–Trinajstić information content (AvgIpc) is 2.97. The van der Waals surface area contributed by atoms with Gasteiger partial charge in [-0.3, -0.25) is 0 Å². The molecule has 2 aromatic carbocycles. The summed E-state index contributed by atoms with van der Waals surface area (Å²) >= 11 is 0. The Morgan fingerprint density at radius 3 is 2.24 bits per heavy atom. The number of fused-ring (bicyclic) bond motifs is 2. The molecule has 29 heavy (non-hydrogen) atoms. The van der Waals surface area contributed by atoms with Crippen LogP contribution in [0.1, 0.15) is 13.8 Å². The molecule has 0 aliphatic heterocycles. The van der Waals surface area contributed by atoms with Gasteiger partial charge in [0.1, 0.15) is 22.0 Å². The second kappa shape index (κ2) is 7.04. The SMILES string of the molecule is COc1ccc(S(=O)(=O)c2c(N)n(CC(C)C)c3nc4ccccc4nc23)cc1. The molecule has 4 rings (SSSR count). The number of benzene rings is 2. The Bertz CT molecular complexity index is 1310. The third kappa shape index (κ3) is 3.19. The molecule has 2 aromatic heterocycles. The molecule has 8 heteroatoms. The molecule has 150 valence electrons. The molecule has 0 unspecified atom stereocenters. The number of nitrogens with two attached hydrogens (primary N) is 1. The predicted octanol–water partition coefficient (Wildman–Crippen LogP) is 3.66. The Balaban J connectivity index is 2.04. The summed E-state index contributed by atoms with van der Waals surface area (Å²) in [7, 11) is -2.38. The van der Waals surface area contributed by atoms with E-state index >= 15 is 0 Å². The van der Waals surface area contributed by atoms with Crippen LogP contribution in [0.2, 0.25) is 0 Å². The first-order chi connectivity index (χ1) is 13.8.